The highest BCUT2D eigenvalue weighted by Gasteiger charge is 2.51. The van der Waals surface area contributed by atoms with E-state index in [-0.39, 0.29) is 30.7 Å². The number of rotatable bonds is 9. The molecule has 0 aromatic rings. The molecule has 0 spiro atoms. The van der Waals surface area contributed by atoms with Crippen LogP contribution in [0.2, 0.25) is 0 Å². The van der Waals surface area contributed by atoms with Crippen LogP contribution < -0.4 is 21.7 Å². The lowest BCUT2D eigenvalue weighted by atomic mass is 9.83. The second kappa shape index (κ2) is 16.9. The molecule has 18 nitrogen and oxygen atoms in total. The van der Waals surface area contributed by atoms with Crippen molar-refractivity contribution in [3.8, 4) is 0 Å². The molecule has 9 N–H and O–H groups in total. The summed E-state index contributed by atoms with van der Waals surface area (Å²) >= 11 is 0. The Morgan fingerprint density at radius 3 is 2.07 bits per heavy atom. The van der Waals surface area contributed by atoms with E-state index in [1.54, 1.807) is 14.1 Å². The van der Waals surface area contributed by atoms with Crippen LogP contribution in [-0.4, -0.2) is 157 Å². The van der Waals surface area contributed by atoms with Gasteiger partial charge in [-0.25, -0.2) is 0 Å². The van der Waals surface area contributed by atoms with Gasteiger partial charge in [0.1, 0.15) is 30.0 Å². The van der Waals surface area contributed by atoms with Crippen LogP contribution in [0.1, 0.15) is 47.0 Å². The summed E-state index contributed by atoms with van der Waals surface area (Å²) in [6.07, 6.45) is -5.62. The van der Waals surface area contributed by atoms with Crippen LogP contribution in [-0.2, 0) is 43.4 Å². The molecule has 12 atom stereocenters. The van der Waals surface area contributed by atoms with Crippen molar-refractivity contribution in [1.29, 1.82) is 0 Å². The molecule has 3 aliphatic rings. The van der Waals surface area contributed by atoms with Crippen molar-refractivity contribution in [3.05, 3.63) is 0 Å². The molecule has 1 aliphatic carbocycles. The molecule has 3 rings (SSSR count). The van der Waals surface area contributed by atoms with E-state index in [4.69, 9.17) is 29.2 Å². The average molecular weight is 686 g/mol. The number of nitrogens with one attached hydrogen (secondary N) is 3. The molecule has 0 unspecified atom stereocenters. The summed E-state index contributed by atoms with van der Waals surface area (Å²) in [7, 11) is -0.423. The highest BCUT2D eigenvalue weighted by atomic mass is 32.2. The van der Waals surface area contributed by atoms with E-state index in [9.17, 15) is 38.1 Å². The summed E-state index contributed by atoms with van der Waals surface area (Å²) in [5, 5.41) is 41.4. The van der Waals surface area contributed by atoms with Gasteiger partial charge in [0.05, 0.1) is 37.1 Å². The smallest absolute Gasteiger partial charge is 0.261 e. The number of carbonyl (C=O) groups excluding carboxylic acids is 3. The Bertz CT molecular complexity index is 1140. The lowest BCUT2D eigenvalue weighted by molar-refractivity contribution is -0.308. The topological polar surface area (TPSA) is 269 Å². The first-order valence-electron chi connectivity index (χ1n) is 14.9. The van der Waals surface area contributed by atoms with E-state index in [1.807, 2.05) is 0 Å². The van der Waals surface area contributed by atoms with Crippen molar-refractivity contribution in [3.63, 3.8) is 0 Å². The second-order valence-electron chi connectivity index (χ2n) is 12.3. The number of hydrogen-bond acceptors (Lipinski definition) is 14. The fourth-order valence-corrected chi connectivity index (χ4v) is 5.82. The maximum Gasteiger partial charge on any atom is 0.261 e. The van der Waals surface area contributed by atoms with Crippen molar-refractivity contribution < 1.29 is 61.6 Å². The van der Waals surface area contributed by atoms with E-state index in [0.717, 1.165) is 0 Å². The third-order valence-corrected chi connectivity index (χ3v) is 7.99. The normalized spacial score (nSPS) is 38.1. The zero-order chi connectivity index (χ0) is 35.1. The van der Waals surface area contributed by atoms with Gasteiger partial charge in [-0.3, -0.25) is 18.9 Å². The molecule has 1 saturated carbocycles. The van der Waals surface area contributed by atoms with Gasteiger partial charge in [-0.15, -0.1) is 0 Å². The van der Waals surface area contributed by atoms with E-state index < -0.39 is 83.0 Å². The highest BCUT2D eigenvalue weighted by Crippen LogP contribution is 2.32. The van der Waals surface area contributed by atoms with Crippen molar-refractivity contribution in [2.75, 3.05) is 33.5 Å². The number of likely N-dealkylation sites (N-methyl/N-ethyl adjacent to an activating group) is 2. The highest BCUT2D eigenvalue weighted by molar-refractivity contribution is 7.85. The van der Waals surface area contributed by atoms with E-state index >= 15 is 0 Å². The van der Waals surface area contributed by atoms with Gasteiger partial charge < -0.3 is 60.9 Å². The quantitative estimate of drug-likeness (QED) is 0.109. The maximum atomic E-state index is 12.1. The molecule has 0 bridgehead atoms. The lowest BCUT2D eigenvalue weighted by Gasteiger charge is -2.49. The van der Waals surface area contributed by atoms with Gasteiger partial charge in [0.25, 0.3) is 10.1 Å². The third-order valence-electron chi connectivity index (χ3n) is 7.99. The number of hydrogen-bond donors (Lipinski definition) is 8. The fourth-order valence-electron chi connectivity index (χ4n) is 5.82. The van der Waals surface area contributed by atoms with Crippen LogP contribution in [0.25, 0.3) is 0 Å². The first-order valence-corrected chi connectivity index (χ1v) is 16.8. The monoisotopic (exact) mass is 685 g/mol. The number of aliphatic hydroxyl groups excluding tert-OH is 2. The van der Waals surface area contributed by atoms with Gasteiger partial charge in [-0.2, -0.15) is 8.42 Å². The Hall–Kier alpha value is -2.04. The van der Waals surface area contributed by atoms with E-state index in [2.05, 4.69) is 16.0 Å². The van der Waals surface area contributed by atoms with Gasteiger partial charge in [-0.05, 0) is 33.2 Å². The van der Waals surface area contributed by atoms with Crippen molar-refractivity contribution in [2.24, 2.45) is 5.73 Å². The molecule has 46 heavy (non-hydrogen) atoms. The van der Waals surface area contributed by atoms with Crippen molar-refractivity contribution in [1.82, 2.24) is 20.9 Å². The molecule has 2 saturated heterocycles. The molecular formula is C27H51N5O13S. The fraction of sp³-hybridized carbons (Fsp3) is 0.889. The van der Waals surface area contributed by atoms with E-state index in [0.29, 0.717) is 25.6 Å². The first kappa shape index (κ1) is 40.1. The minimum Gasteiger partial charge on any atom is -0.388 e. The Balaban J connectivity index is 0.00000136. The zero-order valence-electron chi connectivity index (χ0n) is 27.3. The SMILES string of the molecule is CN[C@@H]1[C@@H](O)[C@@H](O[C@@H]2[C@@H](O)[C@H](O[C@H]3O[C@H](CN(C)C(C)=O)CC[C@H]3NC(C)=O)[C@@H](NC(C)=O)C[C@H]2N)OC[C@]1(C)O.CS(=O)(=O)O. The van der Waals surface area contributed by atoms with Crippen LogP contribution >= 0.6 is 0 Å². The van der Waals surface area contributed by atoms with Gasteiger partial charge in [0, 0.05) is 40.4 Å². The summed E-state index contributed by atoms with van der Waals surface area (Å²) < 4.78 is 50.0. The van der Waals surface area contributed by atoms with Crippen LogP contribution in [0.4, 0.5) is 0 Å². The van der Waals surface area contributed by atoms with Gasteiger partial charge in [0.15, 0.2) is 12.6 Å². The van der Waals surface area contributed by atoms with Crippen molar-refractivity contribution >= 4 is 27.8 Å². The predicted octanol–water partition coefficient (Wildman–Crippen LogP) is -3.60. The number of carbonyl (C=O) groups is 3. The minimum atomic E-state index is -3.67. The van der Waals surface area contributed by atoms with Gasteiger partial charge in [-0.1, -0.05) is 0 Å². The largest absolute Gasteiger partial charge is 0.388 e. The van der Waals surface area contributed by atoms with Gasteiger partial charge in [0.2, 0.25) is 17.7 Å². The van der Waals surface area contributed by atoms with Crippen molar-refractivity contribution in [2.45, 2.75) is 120 Å². The zero-order valence-corrected chi connectivity index (χ0v) is 28.1. The van der Waals surface area contributed by atoms with Crippen LogP contribution in [0, 0.1) is 0 Å². The Morgan fingerprint density at radius 1 is 1.00 bits per heavy atom. The molecule has 19 heteroatoms. The average Bonchev–Trinajstić information content (AvgIpc) is 2.89. The number of ether oxygens (including phenoxy) is 4. The Morgan fingerprint density at radius 2 is 1.54 bits per heavy atom. The number of nitrogens with zero attached hydrogens (tertiary/aromatic N) is 1. The molecule has 3 fully saturated rings. The minimum absolute atomic E-state index is 0.133. The van der Waals surface area contributed by atoms with Crippen LogP contribution in [0.5, 0.6) is 0 Å². The summed E-state index contributed by atoms with van der Waals surface area (Å²) in [6.45, 7) is 5.83. The predicted molar refractivity (Wildman–Crippen MR) is 161 cm³/mol. The molecular weight excluding hydrogens is 634 g/mol. The first-order chi connectivity index (χ1) is 21.1. The summed E-state index contributed by atoms with van der Waals surface area (Å²) in [4.78, 5) is 37.3. The molecule has 0 aromatic carbocycles. The summed E-state index contributed by atoms with van der Waals surface area (Å²) in [5.41, 5.74) is 5.03. The molecule has 2 aliphatic heterocycles. The Labute approximate surface area is 269 Å². The summed E-state index contributed by atoms with van der Waals surface area (Å²) in [6, 6.07) is -2.87. The van der Waals surface area contributed by atoms with Crippen LogP contribution in [0.3, 0.4) is 0 Å². The van der Waals surface area contributed by atoms with Gasteiger partial charge >= 0.3 is 0 Å². The standard InChI is InChI=1S/C26H47N5O10.CH4O3S/c1-12(32)29-17-8-7-15(10-31(6)14(3)34)39-24(17)41-22-18(30-13(2)33)9-16(27)21(19(22)35)40-25-20(36)23(28-5)26(4,37)11-38-25;1-5(2,3)4/h15-25,28,35-37H,7-11,27H2,1-6H3,(H,29,32)(H,30,33);1H3,(H,2,3,4)/t15-,16+,17+,18-,19+,20+,21-,22+,23+,24+,25+,26-;/m0./s1. The number of nitrogens with two attached hydrogens (primary N) is 1. The molecule has 0 aromatic heterocycles. The molecule has 268 valence electrons. The number of aliphatic hydroxyl groups is 3. The van der Waals surface area contributed by atoms with E-state index in [1.165, 1.54) is 32.6 Å². The second-order valence-corrected chi connectivity index (χ2v) is 13.8. The molecule has 3 amide bonds. The summed E-state index contributed by atoms with van der Waals surface area (Å²) in [5.74, 6) is -0.793. The number of amides is 3. The Kier molecular flexibility index (Phi) is 14.7. The third kappa shape index (κ3) is 11.9. The van der Waals surface area contributed by atoms with Crippen LogP contribution in [0.15, 0.2) is 0 Å². The molecule has 0 radical (unpaired) electrons. The maximum absolute atomic E-state index is 12.1. The lowest BCUT2D eigenvalue weighted by Crippen LogP contribution is -2.69. The molecule has 2 heterocycles.